The summed E-state index contributed by atoms with van der Waals surface area (Å²) in [6, 6.07) is 35.0. The van der Waals surface area contributed by atoms with Crippen LogP contribution in [0.3, 0.4) is 0 Å². The molecule has 0 aliphatic carbocycles. The van der Waals surface area contributed by atoms with E-state index in [2.05, 4.69) is 4.99 Å². The quantitative estimate of drug-likeness (QED) is 0.233. The molecular formula is C34H23N7. The van der Waals surface area contributed by atoms with E-state index in [1.807, 2.05) is 111 Å². The van der Waals surface area contributed by atoms with E-state index in [1.165, 1.54) is 0 Å². The van der Waals surface area contributed by atoms with Crippen molar-refractivity contribution in [3.05, 3.63) is 129 Å². The van der Waals surface area contributed by atoms with Gasteiger partial charge < -0.3 is 5.73 Å². The second-order valence-corrected chi connectivity index (χ2v) is 9.23. The molecule has 1 aliphatic rings. The van der Waals surface area contributed by atoms with Crippen LogP contribution >= 0.6 is 0 Å². The smallest absolute Gasteiger partial charge is 0.154 e. The van der Waals surface area contributed by atoms with Crippen molar-refractivity contribution in [1.82, 2.24) is 0 Å². The lowest BCUT2D eigenvalue weighted by atomic mass is 9.99. The average molecular weight is 530 g/mol. The highest BCUT2D eigenvalue weighted by Crippen LogP contribution is 2.24. The summed E-state index contributed by atoms with van der Waals surface area (Å²) in [7, 11) is 0. The predicted molar refractivity (Wildman–Crippen MR) is 160 cm³/mol. The first-order valence-electron chi connectivity index (χ1n) is 12.5. The summed E-state index contributed by atoms with van der Waals surface area (Å²) in [5.74, 6) is 0.703. The van der Waals surface area contributed by atoms with Crippen LogP contribution in [0.5, 0.6) is 0 Å². The highest BCUT2D eigenvalue weighted by molar-refractivity contribution is 6.22. The maximum atomic E-state index is 8.81. The second-order valence-electron chi connectivity index (χ2n) is 9.23. The molecule has 3 N–H and O–H groups in total. The number of rotatable bonds is 0. The van der Waals surface area contributed by atoms with Crippen LogP contribution < -0.4 is 5.73 Å². The Morgan fingerprint density at radius 2 is 0.976 bits per heavy atom. The van der Waals surface area contributed by atoms with E-state index in [0.29, 0.717) is 28.1 Å². The van der Waals surface area contributed by atoms with Crippen molar-refractivity contribution in [1.29, 1.82) is 26.5 Å². The predicted octanol–water partition coefficient (Wildman–Crippen LogP) is 6.51. The van der Waals surface area contributed by atoms with Gasteiger partial charge in [-0.15, -0.1) is 0 Å². The number of benzene rings is 5. The highest BCUT2D eigenvalue weighted by Gasteiger charge is 2.18. The molecule has 0 aromatic heterocycles. The van der Waals surface area contributed by atoms with Gasteiger partial charge in [0.05, 0.1) is 22.3 Å². The van der Waals surface area contributed by atoms with Crippen LogP contribution in [0.1, 0.15) is 44.5 Å². The van der Waals surface area contributed by atoms with Crippen LogP contribution in [-0.2, 0) is 0 Å². The highest BCUT2D eigenvalue weighted by atomic mass is 14.9. The van der Waals surface area contributed by atoms with E-state index in [1.54, 1.807) is 12.1 Å². The van der Waals surface area contributed by atoms with Gasteiger partial charge in [-0.1, -0.05) is 60.7 Å². The zero-order valence-corrected chi connectivity index (χ0v) is 22.4. The second kappa shape index (κ2) is 12.1. The van der Waals surface area contributed by atoms with Crippen molar-refractivity contribution in [3.8, 4) is 24.3 Å². The average Bonchev–Trinajstić information content (AvgIpc) is 3.28. The number of nitrogens with two attached hydrogens (primary N) is 1. The first kappa shape index (κ1) is 27.7. The van der Waals surface area contributed by atoms with Crippen LogP contribution in [-0.4, -0.2) is 11.7 Å². The molecule has 0 saturated carbocycles. The molecule has 1 aliphatic heterocycles. The number of hydrogen-bond acceptors (Lipinski definition) is 6. The molecule has 1 heterocycles. The number of nitrogens with zero attached hydrogens (tertiary/aromatic N) is 5. The van der Waals surface area contributed by atoms with Gasteiger partial charge in [-0.25, -0.2) is 4.99 Å². The fourth-order valence-electron chi connectivity index (χ4n) is 4.41. The van der Waals surface area contributed by atoms with Crippen molar-refractivity contribution in [2.45, 2.75) is 13.8 Å². The Morgan fingerprint density at radius 1 is 0.585 bits per heavy atom. The van der Waals surface area contributed by atoms with Crippen molar-refractivity contribution in [2.75, 3.05) is 0 Å². The van der Waals surface area contributed by atoms with Gasteiger partial charge in [0, 0.05) is 11.1 Å². The maximum absolute atomic E-state index is 8.81. The van der Waals surface area contributed by atoms with Gasteiger partial charge in [-0.2, -0.15) is 21.0 Å². The Hall–Kier alpha value is -6.28. The van der Waals surface area contributed by atoms with Gasteiger partial charge >= 0.3 is 0 Å². The summed E-state index contributed by atoms with van der Waals surface area (Å²) < 4.78 is 0. The summed E-state index contributed by atoms with van der Waals surface area (Å²) in [6.07, 6.45) is 0. The van der Waals surface area contributed by atoms with Crippen molar-refractivity contribution < 1.29 is 0 Å². The molecule has 0 radical (unpaired) electrons. The number of aryl methyl sites for hydroxylation is 2. The van der Waals surface area contributed by atoms with Crippen LogP contribution in [0, 0.1) is 64.6 Å². The Balaban J connectivity index is 0.000000143. The van der Waals surface area contributed by atoms with E-state index >= 15 is 0 Å². The van der Waals surface area contributed by atoms with Crippen molar-refractivity contribution >= 4 is 33.2 Å². The Bertz CT molecular complexity index is 1950. The lowest BCUT2D eigenvalue weighted by Crippen LogP contribution is -2.10. The molecule has 0 spiro atoms. The number of hydrogen-bond donors (Lipinski definition) is 2. The summed E-state index contributed by atoms with van der Waals surface area (Å²) in [4.78, 5) is 3.96. The normalized spacial score (nSPS) is 10.9. The van der Waals surface area contributed by atoms with Gasteiger partial charge in [-0.3, -0.25) is 5.41 Å². The molecule has 7 nitrogen and oxygen atoms in total. The standard InChI is InChI=1S/C12H9N3.C12H6N2.C10H8N2/c13-11-9-5-7-3-1-2-4-8(7)6-10(9)12(14)15-11;13-7-11-5-9-3-1-2-4-10(9)6-12(11)8-14;1-7-3-4-8(2)10(6-12)9(7)5-11/h1-6H,(H3,13,14,15);1-6H;3-4H,1-2H3. The summed E-state index contributed by atoms with van der Waals surface area (Å²) in [5.41, 5.74) is 11.0. The summed E-state index contributed by atoms with van der Waals surface area (Å²) in [6.45, 7) is 3.66. The summed E-state index contributed by atoms with van der Waals surface area (Å²) in [5, 5.41) is 47.0. The van der Waals surface area contributed by atoms with E-state index < -0.39 is 0 Å². The van der Waals surface area contributed by atoms with Gasteiger partial charge in [-0.05, 0) is 70.8 Å². The first-order valence-corrected chi connectivity index (χ1v) is 12.5. The first-order chi connectivity index (χ1) is 19.8. The van der Waals surface area contributed by atoms with Crippen molar-refractivity contribution in [2.24, 2.45) is 10.7 Å². The molecule has 0 saturated heterocycles. The van der Waals surface area contributed by atoms with Gasteiger partial charge in [0.15, 0.2) is 5.84 Å². The zero-order valence-electron chi connectivity index (χ0n) is 22.4. The van der Waals surface area contributed by atoms with E-state index in [4.69, 9.17) is 32.2 Å². The number of nitrogens with one attached hydrogen (secondary N) is 1. The topological polar surface area (TPSA) is 157 Å². The summed E-state index contributed by atoms with van der Waals surface area (Å²) >= 11 is 0. The molecule has 41 heavy (non-hydrogen) atoms. The third-order valence-electron chi connectivity index (χ3n) is 6.62. The number of fused-ring (bicyclic) bond motifs is 3. The molecular weight excluding hydrogens is 506 g/mol. The molecule has 0 bridgehead atoms. The number of nitriles is 4. The molecule has 0 fully saturated rings. The fourth-order valence-corrected chi connectivity index (χ4v) is 4.41. The molecule has 0 unspecified atom stereocenters. The van der Waals surface area contributed by atoms with E-state index in [9.17, 15) is 0 Å². The minimum absolute atomic E-state index is 0.258. The maximum Gasteiger partial charge on any atom is 0.154 e. The third-order valence-corrected chi connectivity index (χ3v) is 6.62. The zero-order chi connectivity index (χ0) is 29.5. The Kier molecular flexibility index (Phi) is 8.16. The van der Waals surface area contributed by atoms with Gasteiger partial charge in [0.1, 0.15) is 30.1 Å². The van der Waals surface area contributed by atoms with E-state index in [0.717, 1.165) is 43.8 Å². The SMILES string of the molecule is Cc1ccc(C)c(C#N)c1C#N.N#Cc1cc2ccccc2cc1C#N.N=C1N=C(N)c2cc3ccccc3cc21. The van der Waals surface area contributed by atoms with Crippen LogP contribution in [0.15, 0.2) is 89.9 Å². The number of aliphatic imine (C=N–C) groups is 1. The van der Waals surface area contributed by atoms with Gasteiger partial charge in [0.25, 0.3) is 0 Å². The van der Waals surface area contributed by atoms with Crippen LogP contribution in [0.25, 0.3) is 21.5 Å². The molecule has 0 amide bonds. The van der Waals surface area contributed by atoms with Crippen LogP contribution in [0.4, 0.5) is 0 Å². The Labute approximate surface area is 237 Å². The number of amidine groups is 2. The largest absolute Gasteiger partial charge is 0.383 e. The minimum Gasteiger partial charge on any atom is -0.383 e. The minimum atomic E-state index is 0.258. The Morgan fingerprint density at radius 3 is 1.37 bits per heavy atom. The van der Waals surface area contributed by atoms with Gasteiger partial charge in [0.2, 0.25) is 0 Å². The molecule has 5 aromatic carbocycles. The third kappa shape index (κ3) is 5.76. The molecule has 7 heteroatoms. The van der Waals surface area contributed by atoms with Crippen molar-refractivity contribution in [3.63, 3.8) is 0 Å². The fraction of sp³-hybridized carbons (Fsp3) is 0.0588. The lowest BCUT2D eigenvalue weighted by Gasteiger charge is -2.02. The van der Waals surface area contributed by atoms with Crippen LogP contribution in [0.2, 0.25) is 0 Å². The lowest BCUT2D eigenvalue weighted by molar-refractivity contribution is 1.30. The molecule has 6 rings (SSSR count). The molecule has 5 aromatic rings. The monoisotopic (exact) mass is 529 g/mol. The molecule has 194 valence electrons. The molecule has 0 atom stereocenters. The van der Waals surface area contributed by atoms with E-state index in [-0.39, 0.29) is 5.84 Å².